The highest BCUT2D eigenvalue weighted by Crippen LogP contribution is 2.14. The van der Waals surface area contributed by atoms with Crippen LogP contribution in [-0.2, 0) is 4.74 Å². The number of carbonyl (C=O) groups is 1. The predicted octanol–water partition coefficient (Wildman–Crippen LogP) is 0.439. The first-order chi connectivity index (χ1) is 7.02. The molecule has 6 heteroatoms. The van der Waals surface area contributed by atoms with Crippen molar-refractivity contribution in [1.29, 1.82) is 0 Å². The van der Waals surface area contributed by atoms with E-state index in [0.29, 0.717) is 0 Å². The molecule has 0 radical (unpaired) electrons. The zero-order chi connectivity index (χ0) is 11.5. The second-order valence-corrected chi connectivity index (χ2v) is 2.76. The molecule has 1 aromatic carbocycles. The van der Waals surface area contributed by atoms with E-state index >= 15 is 0 Å². The summed E-state index contributed by atoms with van der Waals surface area (Å²) in [4.78, 5) is 20.8. The van der Waals surface area contributed by atoms with E-state index in [1.165, 1.54) is 24.3 Å². The SMILES string of the molecule is COC(O)(C(=O)c1ccccc1)[N+](=O)[O-]. The molecule has 0 fully saturated rings. The molecule has 1 unspecified atom stereocenters. The molecule has 0 amide bonds. The van der Waals surface area contributed by atoms with Crippen LogP contribution >= 0.6 is 0 Å². The summed E-state index contributed by atoms with van der Waals surface area (Å²) in [6.45, 7) is 0. The highest BCUT2D eigenvalue weighted by Gasteiger charge is 2.50. The Balaban J connectivity index is 3.08. The third-order valence-electron chi connectivity index (χ3n) is 1.86. The third kappa shape index (κ3) is 2.00. The van der Waals surface area contributed by atoms with Gasteiger partial charge in [0.1, 0.15) is 0 Å². The molecule has 0 spiro atoms. The normalized spacial score (nSPS) is 14.3. The smallest absolute Gasteiger partial charge is 0.300 e. The first kappa shape index (κ1) is 11.3. The Labute approximate surface area is 85.2 Å². The second-order valence-electron chi connectivity index (χ2n) is 2.76. The van der Waals surface area contributed by atoms with Gasteiger partial charge in [0.05, 0.1) is 4.92 Å². The molecule has 0 heterocycles. The Morgan fingerprint density at radius 1 is 1.47 bits per heavy atom. The van der Waals surface area contributed by atoms with Gasteiger partial charge in [0.15, 0.2) is 0 Å². The molecule has 0 aromatic heterocycles. The van der Waals surface area contributed by atoms with Crippen molar-refractivity contribution >= 4 is 5.78 Å². The van der Waals surface area contributed by atoms with Gasteiger partial charge in [-0.2, -0.15) is 0 Å². The minimum Gasteiger partial charge on any atom is -0.300 e. The molecule has 0 saturated carbocycles. The summed E-state index contributed by atoms with van der Waals surface area (Å²) in [6, 6.07) is 7.42. The first-order valence-electron chi connectivity index (χ1n) is 4.04. The van der Waals surface area contributed by atoms with Gasteiger partial charge in [-0.1, -0.05) is 30.3 Å². The van der Waals surface area contributed by atoms with Crippen LogP contribution in [0.25, 0.3) is 0 Å². The monoisotopic (exact) mass is 211 g/mol. The summed E-state index contributed by atoms with van der Waals surface area (Å²) in [5.74, 6) is -4.11. The highest BCUT2D eigenvalue weighted by atomic mass is 16.8. The van der Waals surface area contributed by atoms with Crippen LogP contribution in [0.1, 0.15) is 10.4 Å². The van der Waals surface area contributed by atoms with Crippen LogP contribution in [0.4, 0.5) is 0 Å². The number of rotatable bonds is 4. The summed E-state index contributed by atoms with van der Waals surface area (Å²) in [7, 11) is 0.892. The van der Waals surface area contributed by atoms with Gasteiger partial charge in [-0.25, -0.2) is 0 Å². The molecule has 0 aliphatic carbocycles. The van der Waals surface area contributed by atoms with E-state index in [-0.39, 0.29) is 5.56 Å². The molecule has 0 aliphatic rings. The van der Waals surface area contributed by atoms with E-state index in [0.717, 1.165) is 7.11 Å². The maximum atomic E-state index is 11.5. The van der Waals surface area contributed by atoms with Crippen LogP contribution in [0.2, 0.25) is 0 Å². The number of nitrogens with zero attached hydrogens (tertiary/aromatic N) is 1. The first-order valence-corrected chi connectivity index (χ1v) is 4.04. The minimum absolute atomic E-state index is 0.0125. The lowest BCUT2D eigenvalue weighted by atomic mass is 10.1. The number of hydrogen-bond donors (Lipinski definition) is 1. The van der Waals surface area contributed by atoms with Crippen LogP contribution < -0.4 is 0 Å². The fourth-order valence-corrected chi connectivity index (χ4v) is 1.03. The average molecular weight is 211 g/mol. The number of hydrogen-bond acceptors (Lipinski definition) is 5. The Morgan fingerprint density at radius 3 is 2.40 bits per heavy atom. The topological polar surface area (TPSA) is 89.7 Å². The number of aliphatic hydroxyl groups is 1. The van der Waals surface area contributed by atoms with Gasteiger partial charge in [0.2, 0.25) is 0 Å². The lowest BCUT2D eigenvalue weighted by Gasteiger charge is -2.14. The minimum atomic E-state index is -3.01. The van der Waals surface area contributed by atoms with Gasteiger partial charge in [0, 0.05) is 12.7 Å². The van der Waals surface area contributed by atoms with Gasteiger partial charge in [-0.15, -0.1) is 0 Å². The maximum absolute atomic E-state index is 11.5. The Kier molecular flexibility index (Phi) is 3.13. The number of Topliss-reactive ketones (excluding diaryl/α,β-unsaturated/α-hetero) is 1. The van der Waals surface area contributed by atoms with Crippen molar-refractivity contribution in [3.63, 3.8) is 0 Å². The Hall–Kier alpha value is -1.79. The van der Waals surface area contributed by atoms with Crippen molar-refractivity contribution in [1.82, 2.24) is 0 Å². The largest absolute Gasteiger partial charge is 0.505 e. The fraction of sp³-hybridized carbons (Fsp3) is 0.222. The van der Waals surface area contributed by atoms with Crippen molar-refractivity contribution in [2.75, 3.05) is 7.11 Å². The molecule has 80 valence electrons. The Morgan fingerprint density at radius 2 is 2.00 bits per heavy atom. The summed E-state index contributed by atoms with van der Waals surface area (Å²) in [6.07, 6.45) is 0. The van der Waals surface area contributed by atoms with E-state index < -0.39 is 16.6 Å². The van der Waals surface area contributed by atoms with Gasteiger partial charge in [-0.05, 0) is 0 Å². The second kappa shape index (κ2) is 4.16. The van der Waals surface area contributed by atoms with E-state index in [1.54, 1.807) is 6.07 Å². The number of carbonyl (C=O) groups excluding carboxylic acids is 1. The van der Waals surface area contributed by atoms with Crippen LogP contribution in [-0.4, -0.2) is 28.8 Å². The summed E-state index contributed by atoms with van der Waals surface area (Å²) in [5, 5.41) is 19.8. The van der Waals surface area contributed by atoms with E-state index in [9.17, 15) is 20.0 Å². The summed E-state index contributed by atoms with van der Waals surface area (Å²) in [5.41, 5.74) is 0.0125. The quantitative estimate of drug-likeness (QED) is 0.337. The number of ketones is 1. The molecule has 6 nitrogen and oxygen atoms in total. The fourth-order valence-electron chi connectivity index (χ4n) is 1.03. The molecule has 15 heavy (non-hydrogen) atoms. The van der Waals surface area contributed by atoms with Crippen molar-refractivity contribution in [2.45, 2.75) is 5.91 Å². The van der Waals surface area contributed by atoms with Gasteiger partial charge >= 0.3 is 11.7 Å². The standard InChI is InChI=1S/C9H9NO5/c1-15-9(12,10(13)14)8(11)7-5-3-2-4-6-7/h2-6,12H,1H3. The van der Waals surface area contributed by atoms with E-state index in [1.807, 2.05) is 0 Å². The lowest BCUT2D eigenvalue weighted by Crippen LogP contribution is -2.48. The number of benzene rings is 1. The molecular formula is C9H9NO5. The predicted molar refractivity (Wildman–Crippen MR) is 49.7 cm³/mol. The molecule has 0 aliphatic heterocycles. The molecule has 1 aromatic rings. The van der Waals surface area contributed by atoms with Gasteiger partial charge in [-0.3, -0.25) is 24.8 Å². The van der Waals surface area contributed by atoms with Crippen molar-refractivity contribution in [2.24, 2.45) is 0 Å². The van der Waals surface area contributed by atoms with Crippen LogP contribution in [0, 0.1) is 10.1 Å². The number of ether oxygens (including phenoxy) is 1. The van der Waals surface area contributed by atoms with Gasteiger partial charge in [0.25, 0.3) is 0 Å². The zero-order valence-corrected chi connectivity index (χ0v) is 7.91. The van der Waals surface area contributed by atoms with E-state index in [2.05, 4.69) is 4.74 Å². The lowest BCUT2D eigenvalue weighted by molar-refractivity contribution is -0.660. The number of nitro groups is 1. The molecule has 1 N–H and O–H groups in total. The van der Waals surface area contributed by atoms with Crippen molar-refractivity contribution in [3.05, 3.63) is 46.0 Å². The van der Waals surface area contributed by atoms with Crippen LogP contribution in [0.3, 0.4) is 0 Å². The average Bonchev–Trinajstić information content (AvgIpc) is 2.28. The summed E-state index contributed by atoms with van der Waals surface area (Å²) >= 11 is 0. The molecule has 0 saturated heterocycles. The van der Waals surface area contributed by atoms with E-state index in [4.69, 9.17) is 0 Å². The zero-order valence-electron chi connectivity index (χ0n) is 7.91. The van der Waals surface area contributed by atoms with Crippen molar-refractivity contribution < 1.29 is 19.6 Å². The number of methoxy groups -OCH3 is 1. The Bertz CT molecular complexity index is 377. The molecular weight excluding hydrogens is 202 g/mol. The van der Waals surface area contributed by atoms with Crippen LogP contribution in [0.15, 0.2) is 30.3 Å². The maximum Gasteiger partial charge on any atom is 0.505 e. The van der Waals surface area contributed by atoms with Crippen molar-refractivity contribution in [3.8, 4) is 0 Å². The molecule has 1 atom stereocenters. The molecule has 0 bridgehead atoms. The van der Waals surface area contributed by atoms with Gasteiger partial charge < -0.3 is 0 Å². The highest BCUT2D eigenvalue weighted by molar-refractivity contribution is 6.00. The third-order valence-corrected chi connectivity index (χ3v) is 1.86. The summed E-state index contributed by atoms with van der Waals surface area (Å²) < 4.78 is 4.22. The van der Waals surface area contributed by atoms with Crippen LogP contribution in [0.5, 0.6) is 0 Å². The molecule has 1 rings (SSSR count).